The highest BCUT2D eigenvalue weighted by molar-refractivity contribution is 9.10. The Morgan fingerprint density at radius 3 is 2.41 bits per heavy atom. The Labute approximate surface area is 138 Å². The number of anilines is 1. The van der Waals surface area contributed by atoms with Gasteiger partial charge in [-0.1, -0.05) is 34.1 Å². The molecule has 2 N–H and O–H groups in total. The van der Waals surface area contributed by atoms with E-state index in [2.05, 4.69) is 26.6 Å². The molecule has 22 heavy (non-hydrogen) atoms. The Hall–Kier alpha value is -2.14. The summed E-state index contributed by atoms with van der Waals surface area (Å²) in [4.78, 5) is 23.4. The summed E-state index contributed by atoms with van der Waals surface area (Å²) in [5.74, 6) is -0.344. The molecule has 114 valence electrons. The van der Waals surface area contributed by atoms with Gasteiger partial charge in [0.15, 0.2) is 0 Å². The molecular weight excluding hydrogens is 344 g/mol. The highest BCUT2D eigenvalue weighted by Gasteiger charge is 2.12. The lowest BCUT2D eigenvalue weighted by atomic mass is 10.1. The van der Waals surface area contributed by atoms with Crippen LogP contribution in [0.4, 0.5) is 5.69 Å². The second kappa shape index (κ2) is 7.22. The standard InChI is InChI=1S/C17H17BrN2O2/c1-11(13-6-8-15(18)9-7-13)19-17(22)14-4-3-5-16(10-14)20-12(2)21/h3-11H,1-2H3,(H,19,22)(H,20,21)/t11-/m0/s1. The third-order valence-corrected chi connectivity index (χ3v) is 3.69. The Bertz CT molecular complexity index is 683. The summed E-state index contributed by atoms with van der Waals surface area (Å²) in [6.07, 6.45) is 0. The van der Waals surface area contributed by atoms with Gasteiger partial charge in [0.1, 0.15) is 0 Å². The molecule has 0 aliphatic carbocycles. The highest BCUT2D eigenvalue weighted by Crippen LogP contribution is 2.17. The average Bonchev–Trinajstić information content (AvgIpc) is 2.47. The molecule has 0 spiro atoms. The molecule has 2 rings (SSSR count). The van der Waals surface area contributed by atoms with Crippen LogP contribution in [0.3, 0.4) is 0 Å². The van der Waals surface area contributed by atoms with Crippen LogP contribution in [-0.4, -0.2) is 11.8 Å². The monoisotopic (exact) mass is 360 g/mol. The van der Waals surface area contributed by atoms with Gasteiger partial charge in [-0.05, 0) is 42.8 Å². The Kier molecular flexibility index (Phi) is 5.33. The summed E-state index contributed by atoms with van der Waals surface area (Å²) in [5.41, 5.74) is 2.14. The van der Waals surface area contributed by atoms with E-state index in [4.69, 9.17) is 0 Å². The topological polar surface area (TPSA) is 58.2 Å². The summed E-state index contributed by atoms with van der Waals surface area (Å²) in [6.45, 7) is 3.36. The van der Waals surface area contributed by atoms with Crippen molar-refractivity contribution < 1.29 is 9.59 Å². The molecule has 0 saturated heterocycles. The van der Waals surface area contributed by atoms with Crippen molar-refractivity contribution in [3.63, 3.8) is 0 Å². The van der Waals surface area contributed by atoms with Gasteiger partial charge in [0.05, 0.1) is 6.04 Å². The zero-order chi connectivity index (χ0) is 16.1. The molecule has 0 radical (unpaired) electrons. The maximum Gasteiger partial charge on any atom is 0.251 e. The predicted molar refractivity (Wildman–Crippen MR) is 90.8 cm³/mol. The first-order valence-corrected chi connectivity index (χ1v) is 7.69. The van der Waals surface area contributed by atoms with E-state index in [9.17, 15) is 9.59 Å². The molecule has 0 bridgehead atoms. The van der Waals surface area contributed by atoms with Crippen LogP contribution in [0, 0.1) is 0 Å². The van der Waals surface area contributed by atoms with E-state index in [0.717, 1.165) is 10.0 Å². The fourth-order valence-electron chi connectivity index (χ4n) is 2.06. The van der Waals surface area contributed by atoms with E-state index in [1.807, 2.05) is 31.2 Å². The molecule has 1 atom stereocenters. The molecule has 2 aromatic carbocycles. The van der Waals surface area contributed by atoms with Crippen molar-refractivity contribution in [1.82, 2.24) is 5.32 Å². The van der Waals surface area contributed by atoms with Crippen LogP contribution in [0.2, 0.25) is 0 Å². The number of benzene rings is 2. The quantitative estimate of drug-likeness (QED) is 0.868. The molecule has 0 aliphatic rings. The summed E-state index contributed by atoms with van der Waals surface area (Å²) < 4.78 is 0.998. The van der Waals surface area contributed by atoms with E-state index in [0.29, 0.717) is 11.3 Å². The van der Waals surface area contributed by atoms with Crippen LogP contribution in [0.25, 0.3) is 0 Å². The molecule has 5 heteroatoms. The molecule has 4 nitrogen and oxygen atoms in total. The van der Waals surface area contributed by atoms with Crippen molar-refractivity contribution >= 4 is 33.4 Å². The van der Waals surface area contributed by atoms with Crippen molar-refractivity contribution in [1.29, 1.82) is 0 Å². The third kappa shape index (κ3) is 4.43. The summed E-state index contributed by atoms with van der Waals surface area (Å²) in [6, 6.07) is 14.6. The molecule has 0 unspecified atom stereocenters. The van der Waals surface area contributed by atoms with Gasteiger partial charge >= 0.3 is 0 Å². The number of halogens is 1. The van der Waals surface area contributed by atoms with Crippen molar-refractivity contribution in [2.75, 3.05) is 5.32 Å². The van der Waals surface area contributed by atoms with Gasteiger partial charge in [0, 0.05) is 22.6 Å². The van der Waals surface area contributed by atoms with Gasteiger partial charge in [0.25, 0.3) is 5.91 Å². The molecule has 0 fully saturated rings. The fourth-order valence-corrected chi connectivity index (χ4v) is 2.32. The number of hydrogen-bond donors (Lipinski definition) is 2. The average molecular weight is 361 g/mol. The van der Waals surface area contributed by atoms with Crippen molar-refractivity contribution in [3.05, 3.63) is 64.1 Å². The first kappa shape index (κ1) is 16.2. The minimum atomic E-state index is -0.178. The minimum absolute atomic E-state index is 0.106. The molecule has 0 aromatic heterocycles. The predicted octanol–water partition coefficient (Wildman–Crippen LogP) is 3.90. The first-order valence-electron chi connectivity index (χ1n) is 6.89. The number of carbonyl (C=O) groups excluding carboxylic acids is 2. The maximum atomic E-state index is 12.3. The number of nitrogens with one attached hydrogen (secondary N) is 2. The van der Waals surface area contributed by atoms with E-state index < -0.39 is 0 Å². The Morgan fingerprint density at radius 1 is 1.09 bits per heavy atom. The molecule has 0 aliphatic heterocycles. The van der Waals surface area contributed by atoms with Gasteiger partial charge in [-0.3, -0.25) is 9.59 Å². The lowest BCUT2D eigenvalue weighted by Crippen LogP contribution is -2.26. The molecule has 2 amide bonds. The number of amides is 2. The van der Waals surface area contributed by atoms with Crippen LogP contribution in [0.5, 0.6) is 0 Å². The van der Waals surface area contributed by atoms with E-state index in [1.54, 1.807) is 24.3 Å². The zero-order valence-electron chi connectivity index (χ0n) is 12.4. The lowest BCUT2D eigenvalue weighted by molar-refractivity contribution is -0.114. The molecule has 0 heterocycles. The van der Waals surface area contributed by atoms with Gasteiger partial charge in [-0.2, -0.15) is 0 Å². The fraction of sp³-hybridized carbons (Fsp3) is 0.176. The van der Waals surface area contributed by atoms with Gasteiger partial charge in [0.2, 0.25) is 5.91 Å². The third-order valence-electron chi connectivity index (χ3n) is 3.16. The van der Waals surface area contributed by atoms with Crippen LogP contribution >= 0.6 is 15.9 Å². The highest BCUT2D eigenvalue weighted by atomic mass is 79.9. The normalized spacial score (nSPS) is 11.6. The zero-order valence-corrected chi connectivity index (χ0v) is 14.0. The van der Waals surface area contributed by atoms with Gasteiger partial charge < -0.3 is 10.6 Å². The number of carbonyl (C=O) groups is 2. The van der Waals surface area contributed by atoms with E-state index >= 15 is 0 Å². The SMILES string of the molecule is CC(=O)Nc1cccc(C(=O)N[C@@H](C)c2ccc(Br)cc2)c1. The molecule has 2 aromatic rings. The molecular formula is C17H17BrN2O2. The number of hydrogen-bond acceptors (Lipinski definition) is 2. The summed E-state index contributed by atoms with van der Waals surface area (Å²) in [5, 5.41) is 5.61. The van der Waals surface area contributed by atoms with Crippen molar-refractivity contribution in [2.24, 2.45) is 0 Å². The maximum absolute atomic E-state index is 12.3. The summed E-state index contributed by atoms with van der Waals surface area (Å²) >= 11 is 3.39. The van der Waals surface area contributed by atoms with E-state index in [-0.39, 0.29) is 17.9 Å². The van der Waals surface area contributed by atoms with Crippen LogP contribution < -0.4 is 10.6 Å². The van der Waals surface area contributed by atoms with Crippen molar-refractivity contribution in [2.45, 2.75) is 19.9 Å². The van der Waals surface area contributed by atoms with Gasteiger partial charge in [-0.25, -0.2) is 0 Å². The minimum Gasteiger partial charge on any atom is -0.346 e. The Morgan fingerprint density at radius 2 is 1.77 bits per heavy atom. The van der Waals surface area contributed by atoms with Crippen LogP contribution in [-0.2, 0) is 4.79 Å². The van der Waals surface area contributed by atoms with Gasteiger partial charge in [-0.15, -0.1) is 0 Å². The molecule has 0 saturated carbocycles. The largest absolute Gasteiger partial charge is 0.346 e. The lowest BCUT2D eigenvalue weighted by Gasteiger charge is -2.15. The Balaban J connectivity index is 2.08. The number of rotatable bonds is 4. The second-order valence-electron chi connectivity index (χ2n) is 5.01. The summed E-state index contributed by atoms with van der Waals surface area (Å²) in [7, 11) is 0. The smallest absolute Gasteiger partial charge is 0.251 e. The second-order valence-corrected chi connectivity index (χ2v) is 5.92. The van der Waals surface area contributed by atoms with Crippen molar-refractivity contribution in [3.8, 4) is 0 Å². The van der Waals surface area contributed by atoms with Crippen LogP contribution in [0.1, 0.15) is 35.8 Å². The van der Waals surface area contributed by atoms with Crippen LogP contribution in [0.15, 0.2) is 53.0 Å². The first-order chi connectivity index (χ1) is 10.5. The van der Waals surface area contributed by atoms with E-state index in [1.165, 1.54) is 6.92 Å².